The molecule has 0 aliphatic carbocycles. The minimum absolute atomic E-state index is 0.493. The molecule has 1 aliphatic heterocycles. The third-order valence-corrected chi connectivity index (χ3v) is 5.48. The molecule has 1 heterocycles. The number of carboxylic acids is 1. The minimum Gasteiger partial charge on any atom is -0.480 e. The molecule has 0 saturated heterocycles. The average Bonchev–Trinajstić information content (AvgIpc) is 3.12. The molecule has 1 unspecified atom stereocenters. The zero-order valence-electron chi connectivity index (χ0n) is 17.8. The zero-order chi connectivity index (χ0) is 19.7. The van der Waals surface area contributed by atoms with Gasteiger partial charge in [0.05, 0.1) is 6.54 Å². The van der Waals surface area contributed by atoms with Crippen molar-refractivity contribution in [1.82, 2.24) is 4.90 Å². The Morgan fingerprint density at radius 3 is 2.04 bits per heavy atom. The van der Waals surface area contributed by atoms with E-state index in [4.69, 9.17) is 5.11 Å². The lowest BCUT2D eigenvalue weighted by Crippen LogP contribution is -2.40. The number of allylic oxidation sites excluding steroid dienone is 1. The van der Waals surface area contributed by atoms with E-state index in [-0.39, 0.29) is 0 Å². The zero-order valence-corrected chi connectivity index (χ0v) is 17.8. The molecular formula is C23H42N2O2. The second-order valence-corrected chi connectivity index (χ2v) is 7.88. The smallest absolute Gasteiger partial charge is 0.326 e. The summed E-state index contributed by atoms with van der Waals surface area (Å²) >= 11 is 0. The first-order valence-corrected chi connectivity index (χ1v) is 11.4. The molecule has 1 rings (SSSR count). The van der Waals surface area contributed by atoms with E-state index in [9.17, 15) is 4.79 Å². The first-order chi connectivity index (χ1) is 13.2. The molecule has 0 aromatic carbocycles. The second-order valence-electron chi connectivity index (χ2n) is 7.88. The SMILES string of the molecule is CCCCCCCCCCCCCCCC=CC1=NCCN1C(C)C(=O)O. The van der Waals surface area contributed by atoms with E-state index in [0.717, 1.165) is 12.3 Å². The van der Waals surface area contributed by atoms with E-state index in [1.54, 1.807) is 6.92 Å². The van der Waals surface area contributed by atoms with Crippen molar-refractivity contribution in [2.75, 3.05) is 13.1 Å². The Kier molecular flexibility index (Phi) is 13.8. The number of amidine groups is 1. The summed E-state index contributed by atoms with van der Waals surface area (Å²) < 4.78 is 0. The minimum atomic E-state index is -0.783. The summed E-state index contributed by atoms with van der Waals surface area (Å²) in [4.78, 5) is 17.4. The summed E-state index contributed by atoms with van der Waals surface area (Å²) in [6.45, 7) is 5.42. The van der Waals surface area contributed by atoms with Gasteiger partial charge < -0.3 is 10.0 Å². The molecule has 4 heteroatoms. The van der Waals surface area contributed by atoms with Gasteiger partial charge in [0.1, 0.15) is 11.9 Å². The Hall–Kier alpha value is -1.32. The van der Waals surface area contributed by atoms with Crippen molar-refractivity contribution in [2.45, 2.75) is 110 Å². The molecule has 4 nitrogen and oxygen atoms in total. The topological polar surface area (TPSA) is 52.9 Å². The van der Waals surface area contributed by atoms with Crippen molar-refractivity contribution < 1.29 is 9.90 Å². The van der Waals surface area contributed by atoms with Crippen molar-refractivity contribution in [1.29, 1.82) is 0 Å². The van der Waals surface area contributed by atoms with E-state index < -0.39 is 12.0 Å². The van der Waals surface area contributed by atoms with Gasteiger partial charge in [-0.1, -0.05) is 90.0 Å². The van der Waals surface area contributed by atoms with Gasteiger partial charge in [0.25, 0.3) is 0 Å². The van der Waals surface area contributed by atoms with E-state index in [0.29, 0.717) is 13.1 Å². The highest BCUT2D eigenvalue weighted by Gasteiger charge is 2.25. The summed E-state index contributed by atoms with van der Waals surface area (Å²) in [5, 5.41) is 9.14. The number of aliphatic carboxylic acids is 1. The van der Waals surface area contributed by atoms with Gasteiger partial charge in [-0.2, -0.15) is 0 Å². The predicted molar refractivity (Wildman–Crippen MR) is 116 cm³/mol. The predicted octanol–water partition coefficient (Wildman–Crippen LogP) is 6.21. The molecule has 0 bridgehead atoms. The van der Waals surface area contributed by atoms with Gasteiger partial charge in [-0.15, -0.1) is 0 Å². The van der Waals surface area contributed by atoms with Crippen LogP contribution in [0.25, 0.3) is 0 Å². The van der Waals surface area contributed by atoms with Crippen LogP contribution in [0.3, 0.4) is 0 Å². The summed E-state index contributed by atoms with van der Waals surface area (Å²) in [5.74, 6) is 0.0501. The molecule has 0 saturated carbocycles. The first kappa shape index (κ1) is 23.7. The fourth-order valence-electron chi connectivity index (χ4n) is 3.62. The number of carboxylic acid groups (broad SMARTS) is 1. The summed E-state index contributed by atoms with van der Waals surface area (Å²) in [6, 6.07) is -0.493. The number of unbranched alkanes of at least 4 members (excludes halogenated alkanes) is 13. The Balaban J connectivity index is 1.93. The molecule has 0 radical (unpaired) electrons. The Morgan fingerprint density at radius 2 is 1.52 bits per heavy atom. The fraction of sp³-hybridized carbons (Fsp3) is 0.826. The van der Waals surface area contributed by atoms with Crippen molar-refractivity contribution in [2.24, 2.45) is 4.99 Å². The van der Waals surface area contributed by atoms with Crippen molar-refractivity contribution in [3.63, 3.8) is 0 Å². The molecule has 1 aliphatic rings. The molecule has 27 heavy (non-hydrogen) atoms. The lowest BCUT2D eigenvalue weighted by Gasteiger charge is -2.22. The van der Waals surface area contributed by atoms with Crippen LogP contribution in [0.15, 0.2) is 17.1 Å². The third kappa shape index (κ3) is 11.2. The van der Waals surface area contributed by atoms with Gasteiger partial charge in [-0.05, 0) is 25.8 Å². The second kappa shape index (κ2) is 15.7. The fourth-order valence-corrected chi connectivity index (χ4v) is 3.62. The van der Waals surface area contributed by atoms with Crippen LogP contribution in [0, 0.1) is 0 Å². The number of carbonyl (C=O) groups is 1. The van der Waals surface area contributed by atoms with Crippen LogP contribution in [0.2, 0.25) is 0 Å². The van der Waals surface area contributed by atoms with Gasteiger partial charge in [0.2, 0.25) is 0 Å². The van der Waals surface area contributed by atoms with Crippen LogP contribution in [0.4, 0.5) is 0 Å². The number of rotatable bonds is 17. The highest BCUT2D eigenvalue weighted by atomic mass is 16.4. The van der Waals surface area contributed by atoms with Crippen LogP contribution in [-0.4, -0.2) is 40.9 Å². The number of hydrogen-bond acceptors (Lipinski definition) is 3. The quantitative estimate of drug-likeness (QED) is 0.306. The van der Waals surface area contributed by atoms with E-state index >= 15 is 0 Å². The van der Waals surface area contributed by atoms with Crippen LogP contribution < -0.4 is 0 Å². The maximum absolute atomic E-state index is 11.1. The van der Waals surface area contributed by atoms with Crippen molar-refractivity contribution in [3.05, 3.63) is 12.2 Å². The molecule has 1 N–H and O–H groups in total. The van der Waals surface area contributed by atoms with Gasteiger partial charge in [-0.25, -0.2) is 4.79 Å². The summed E-state index contributed by atoms with van der Waals surface area (Å²) in [6.07, 6.45) is 23.1. The Labute approximate surface area is 167 Å². The monoisotopic (exact) mass is 378 g/mol. The first-order valence-electron chi connectivity index (χ1n) is 11.4. The largest absolute Gasteiger partial charge is 0.480 e. The van der Waals surface area contributed by atoms with Gasteiger partial charge in [0, 0.05) is 6.54 Å². The Bertz CT molecular complexity index is 446. The molecule has 0 aromatic rings. The highest BCUT2D eigenvalue weighted by Crippen LogP contribution is 2.13. The maximum atomic E-state index is 11.1. The average molecular weight is 379 g/mol. The third-order valence-electron chi connectivity index (χ3n) is 5.48. The van der Waals surface area contributed by atoms with Crippen molar-refractivity contribution in [3.8, 4) is 0 Å². The molecule has 1 atom stereocenters. The Morgan fingerprint density at radius 1 is 1.00 bits per heavy atom. The standard InChI is InChI=1S/C23H42N2O2/c1-3-4-5-6-7-8-9-10-11-12-13-14-15-16-17-18-22-24-19-20-25(22)21(2)23(26)27/h17-18,21H,3-16,19-20H2,1-2H3,(H,26,27). The normalized spacial score (nSPS) is 15.5. The number of aliphatic imine (C=N–C) groups is 1. The lowest BCUT2D eigenvalue weighted by molar-refractivity contribution is -0.141. The van der Waals surface area contributed by atoms with E-state index in [1.165, 1.54) is 83.5 Å². The number of hydrogen-bond donors (Lipinski definition) is 1. The molecular weight excluding hydrogens is 336 g/mol. The summed E-state index contributed by atoms with van der Waals surface area (Å²) in [5.41, 5.74) is 0. The maximum Gasteiger partial charge on any atom is 0.326 e. The van der Waals surface area contributed by atoms with Gasteiger partial charge >= 0.3 is 5.97 Å². The molecule has 0 amide bonds. The highest BCUT2D eigenvalue weighted by molar-refractivity contribution is 5.96. The lowest BCUT2D eigenvalue weighted by atomic mass is 10.0. The summed E-state index contributed by atoms with van der Waals surface area (Å²) in [7, 11) is 0. The molecule has 0 spiro atoms. The van der Waals surface area contributed by atoms with Gasteiger partial charge in [0.15, 0.2) is 0 Å². The van der Waals surface area contributed by atoms with Crippen LogP contribution in [0.5, 0.6) is 0 Å². The van der Waals surface area contributed by atoms with E-state index in [1.807, 2.05) is 11.0 Å². The van der Waals surface area contributed by atoms with Crippen molar-refractivity contribution >= 4 is 11.8 Å². The van der Waals surface area contributed by atoms with E-state index in [2.05, 4.69) is 18.0 Å². The molecule has 0 aromatic heterocycles. The van der Waals surface area contributed by atoms with Gasteiger partial charge in [-0.3, -0.25) is 4.99 Å². The van der Waals surface area contributed by atoms with Crippen LogP contribution in [-0.2, 0) is 4.79 Å². The molecule has 156 valence electrons. The molecule has 0 fully saturated rings. The van der Waals surface area contributed by atoms with Crippen LogP contribution in [0.1, 0.15) is 104 Å². The number of nitrogens with zero attached hydrogens (tertiary/aromatic N) is 2. The van der Waals surface area contributed by atoms with Crippen LogP contribution >= 0.6 is 0 Å².